The Morgan fingerprint density at radius 2 is 2.20 bits per heavy atom. The molecule has 1 aromatic heterocycles. The van der Waals surface area contributed by atoms with E-state index >= 15 is 0 Å². The first kappa shape index (κ1) is 14.5. The fourth-order valence-corrected chi connectivity index (χ4v) is 2.88. The molecule has 0 unspecified atom stereocenters. The Hall–Kier alpha value is -1.93. The molecular formula is C12H15FN4O2S. The van der Waals surface area contributed by atoms with E-state index in [1.807, 2.05) is 4.57 Å². The number of imidazole rings is 1. The zero-order chi connectivity index (χ0) is 14.6. The molecule has 1 aromatic carbocycles. The van der Waals surface area contributed by atoms with Crippen molar-refractivity contribution in [2.75, 3.05) is 12.3 Å². The van der Waals surface area contributed by atoms with Gasteiger partial charge in [0.15, 0.2) is 0 Å². The third-order valence-electron chi connectivity index (χ3n) is 2.69. The van der Waals surface area contributed by atoms with Crippen LogP contribution >= 0.6 is 0 Å². The first-order valence-corrected chi connectivity index (χ1v) is 7.48. The first-order chi connectivity index (χ1) is 9.49. The van der Waals surface area contributed by atoms with Crippen LogP contribution < -0.4 is 10.5 Å². The van der Waals surface area contributed by atoms with Gasteiger partial charge in [-0.05, 0) is 24.6 Å². The van der Waals surface area contributed by atoms with Crippen molar-refractivity contribution in [3.63, 3.8) is 0 Å². The Balaban J connectivity index is 1.95. The van der Waals surface area contributed by atoms with E-state index in [4.69, 9.17) is 5.73 Å². The van der Waals surface area contributed by atoms with Crippen LogP contribution in [0.2, 0.25) is 0 Å². The Labute approximate surface area is 116 Å². The second kappa shape index (κ2) is 6.02. The lowest BCUT2D eigenvalue weighted by Gasteiger charge is -2.08. The Morgan fingerprint density at radius 1 is 1.40 bits per heavy atom. The fourth-order valence-electron chi connectivity index (χ4n) is 1.69. The van der Waals surface area contributed by atoms with Crippen LogP contribution in [0.4, 0.5) is 10.1 Å². The van der Waals surface area contributed by atoms with Crippen molar-refractivity contribution in [1.29, 1.82) is 0 Å². The largest absolute Gasteiger partial charge is 0.399 e. The average Bonchev–Trinajstić information content (AvgIpc) is 2.90. The van der Waals surface area contributed by atoms with Crippen LogP contribution in [0.1, 0.15) is 6.42 Å². The molecule has 0 aliphatic rings. The van der Waals surface area contributed by atoms with Gasteiger partial charge in [-0.25, -0.2) is 22.5 Å². The van der Waals surface area contributed by atoms with Crippen LogP contribution in [0.3, 0.4) is 0 Å². The predicted octanol–water partition coefficient (Wildman–Crippen LogP) is 0.973. The highest BCUT2D eigenvalue weighted by Crippen LogP contribution is 2.17. The van der Waals surface area contributed by atoms with Crippen LogP contribution in [-0.2, 0) is 16.6 Å². The molecular weight excluding hydrogens is 283 g/mol. The van der Waals surface area contributed by atoms with Crippen molar-refractivity contribution >= 4 is 15.7 Å². The molecule has 20 heavy (non-hydrogen) atoms. The third-order valence-corrected chi connectivity index (χ3v) is 4.17. The molecule has 0 amide bonds. The minimum absolute atomic E-state index is 0.199. The van der Waals surface area contributed by atoms with E-state index < -0.39 is 20.7 Å². The van der Waals surface area contributed by atoms with E-state index in [1.54, 1.807) is 18.7 Å². The number of aryl methyl sites for hydroxylation is 1. The van der Waals surface area contributed by atoms with E-state index in [0.29, 0.717) is 13.0 Å². The number of halogens is 1. The molecule has 0 bridgehead atoms. The zero-order valence-electron chi connectivity index (χ0n) is 10.7. The molecule has 1 heterocycles. The number of nitrogen functional groups attached to an aromatic ring is 1. The van der Waals surface area contributed by atoms with Gasteiger partial charge in [0.05, 0.1) is 6.33 Å². The van der Waals surface area contributed by atoms with E-state index in [1.165, 1.54) is 6.07 Å². The van der Waals surface area contributed by atoms with Crippen LogP contribution in [0, 0.1) is 5.82 Å². The number of hydrogen-bond acceptors (Lipinski definition) is 4. The molecule has 0 aliphatic heterocycles. The number of hydrogen-bond donors (Lipinski definition) is 2. The maximum atomic E-state index is 13.5. The van der Waals surface area contributed by atoms with Crippen LogP contribution in [-0.4, -0.2) is 24.5 Å². The number of nitrogens with one attached hydrogen (secondary N) is 1. The molecule has 0 saturated carbocycles. The lowest BCUT2D eigenvalue weighted by atomic mass is 10.3. The number of aromatic nitrogens is 2. The van der Waals surface area contributed by atoms with E-state index in [0.717, 1.165) is 12.1 Å². The molecule has 0 spiro atoms. The van der Waals surface area contributed by atoms with Crippen LogP contribution in [0.5, 0.6) is 0 Å². The Bertz CT molecular complexity index is 671. The minimum Gasteiger partial charge on any atom is -0.399 e. The van der Waals surface area contributed by atoms with E-state index in [2.05, 4.69) is 9.71 Å². The van der Waals surface area contributed by atoms with Crippen molar-refractivity contribution in [1.82, 2.24) is 14.3 Å². The number of nitrogens with zero attached hydrogens (tertiary/aromatic N) is 2. The maximum Gasteiger partial charge on any atom is 0.243 e. The lowest BCUT2D eigenvalue weighted by Crippen LogP contribution is -2.26. The van der Waals surface area contributed by atoms with Gasteiger partial charge in [-0.1, -0.05) is 0 Å². The van der Waals surface area contributed by atoms with Crippen LogP contribution in [0.25, 0.3) is 0 Å². The number of benzene rings is 1. The molecule has 8 heteroatoms. The van der Waals surface area contributed by atoms with Gasteiger partial charge in [0.25, 0.3) is 0 Å². The Morgan fingerprint density at radius 3 is 2.90 bits per heavy atom. The molecule has 0 aliphatic carbocycles. The van der Waals surface area contributed by atoms with Gasteiger partial charge in [0, 0.05) is 31.2 Å². The van der Waals surface area contributed by atoms with Gasteiger partial charge >= 0.3 is 0 Å². The summed E-state index contributed by atoms with van der Waals surface area (Å²) in [7, 11) is -3.88. The average molecular weight is 298 g/mol. The quantitative estimate of drug-likeness (QED) is 0.614. The molecule has 2 rings (SSSR count). The number of rotatable bonds is 6. The summed E-state index contributed by atoms with van der Waals surface area (Å²) in [6.45, 7) is 0.830. The number of sulfonamides is 1. The topological polar surface area (TPSA) is 90.0 Å². The highest BCUT2D eigenvalue weighted by Gasteiger charge is 2.18. The monoisotopic (exact) mass is 298 g/mol. The summed E-state index contributed by atoms with van der Waals surface area (Å²) in [5, 5.41) is 0. The third kappa shape index (κ3) is 3.55. The van der Waals surface area contributed by atoms with Crippen molar-refractivity contribution in [2.45, 2.75) is 17.9 Å². The number of anilines is 1. The van der Waals surface area contributed by atoms with Gasteiger partial charge in [-0.15, -0.1) is 0 Å². The maximum absolute atomic E-state index is 13.5. The summed E-state index contributed by atoms with van der Waals surface area (Å²) in [5.41, 5.74) is 5.67. The smallest absolute Gasteiger partial charge is 0.243 e. The molecule has 2 aromatic rings. The van der Waals surface area contributed by atoms with Crippen molar-refractivity contribution in [3.05, 3.63) is 42.7 Å². The lowest BCUT2D eigenvalue weighted by molar-refractivity contribution is 0.550. The standard InChI is InChI=1S/C12H15FN4O2S/c13-11-3-2-10(14)8-12(11)20(18,19)16-4-1-6-17-7-5-15-9-17/h2-3,5,7-9,16H,1,4,6,14H2. The summed E-state index contributed by atoms with van der Waals surface area (Å²) in [4.78, 5) is 3.45. The molecule has 0 fully saturated rings. The minimum atomic E-state index is -3.88. The van der Waals surface area contributed by atoms with Gasteiger partial charge in [-0.2, -0.15) is 0 Å². The van der Waals surface area contributed by atoms with Gasteiger partial charge < -0.3 is 10.3 Å². The highest BCUT2D eigenvalue weighted by molar-refractivity contribution is 7.89. The molecule has 0 radical (unpaired) electrons. The van der Waals surface area contributed by atoms with Crippen molar-refractivity contribution in [3.8, 4) is 0 Å². The highest BCUT2D eigenvalue weighted by atomic mass is 32.2. The SMILES string of the molecule is Nc1ccc(F)c(S(=O)(=O)NCCCn2ccnc2)c1. The van der Waals surface area contributed by atoms with Crippen LogP contribution in [0.15, 0.2) is 41.8 Å². The normalized spacial score (nSPS) is 11.7. The summed E-state index contributed by atoms with van der Waals surface area (Å²) in [6, 6.07) is 3.45. The zero-order valence-corrected chi connectivity index (χ0v) is 11.5. The second-order valence-corrected chi connectivity index (χ2v) is 5.98. The molecule has 108 valence electrons. The van der Waals surface area contributed by atoms with Gasteiger partial charge in [0.1, 0.15) is 10.7 Å². The Kier molecular flexibility index (Phi) is 4.35. The molecule has 0 saturated heterocycles. The predicted molar refractivity (Wildman–Crippen MR) is 72.8 cm³/mol. The second-order valence-electron chi connectivity index (χ2n) is 4.24. The van der Waals surface area contributed by atoms with Crippen molar-refractivity contribution in [2.24, 2.45) is 0 Å². The molecule has 0 atom stereocenters. The molecule has 6 nitrogen and oxygen atoms in total. The number of nitrogens with two attached hydrogens (primary N) is 1. The summed E-state index contributed by atoms with van der Waals surface area (Å²) in [6.07, 6.45) is 5.64. The summed E-state index contributed by atoms with van der Waals surface area (Å²) in [5.74, 6) is -0.818. The summed E-state index contributed by atoms with van der Waals surface area (Å²) < 4.78 is 41.6. The van der Waals surface area contributed by atoms with Crippen molar-refractivity contribution < 1.29 is 12.8 Å². The first-order valence-electron chi connectivity index (χ1n) is 5.99. The van der Waals surface area contributed by atoms with Gasteiger partial charge in [-0.3, -0.25) is 0 Å². The van der Waals surface area contributed by atoms with E-state index in [-0.39, 0.29) is 12.2 Å². The van der Waals surface area contributed by atoms with E-state index in [9.17, 15) is 12.8 Å². The molecule has 3 N–H and O–H groups in total. The van der Waals surface area contributed by atoms with Gasteiger partial charge in [0.2, 0.25) is 10.0 Å². The summed E-state index contributed by atoms with van der Waals surface area (Å²) >= 11 is 0. The fraction of sp³-hybridized carbons (Fsp3) is 0.250.